The maximum Gasteiger partial charge on any atom is 0.458 e. The number of halogens is 5. The first kappa shape index (κ1) is 14.5. The molecule has 0 fully saturated rings. The quantitative estimate of drug-likeness (QED) is 0.552. The number of hydrogen-bond donors (Lipinski definition) is 0. The van der Waals surface area contributed by atoms with E-state index in [1.54, 1.807) is 13.8 Å². The zero-order valence-corrected chi connectivity index (χ0v) is 9.78. The van der Waals surface area contributed by atoms with E-state index < -0.39 is 23.1 Å². The molecule has 0 spiro atoms. The topological polar surface area (TPSA) is 0 Å². The predicted octanol–water partition coefficient (Wildman–Crippen LogP) is 4.25. The number of benzene rings is 1. The van der Waals surface area contributed by atoms with Crippen LogP contribution in [0.1, 0.15) is 25.0 Å². The van der Waals surface area contributed by atoms with Gasteiger partial charge in [0.25, 0.3) is 0 Å². The SMILES string of the molecule is C#CC(C)(C)c1ccc(C(F)(F)C(F)(F)F)cc1. The molecule has 0 aromatic heterocycles. The van der Waals surface area contributed by atoms with Crippen LogP contribution in [0.4, 0.5) is 22.0 Å². The maximum atomic E-state index is 13.0. The highest BCUT2D eigenvalue weighted by atomic mass is 19.4. The summed E-state index contributed by atoms with van der Waals surface area (Å²) in [5, 5.41) is 0. The van der Waals surface area contributed by atoms with Gasteiger partial charge in [0.15, 0.2) is 0 Å². The number of hydrogen-bond acceptors (Lipinski definition) is 0. The van der Waals surface area contributed by atoms with Gasteiger partial charge < -0.3 is 0 Å². The minimum Gasteiger partial charge on any atom is -0.191 e. The third kappa shape index (κ3) is 2.47. The Kier molecular flexibility index (Phi) is 3.44. The van der Waals surface area contributed by atoms with Crippen LogP contribution in [-0.2, 0) is 11.3 Å². The smallest absolute Gasteiger partial charge is 0.191 e. The Balaban J connectivity index is 3.16. The second-order valence-corrected chi connectivity index (χ2v) is 4.42. The minimum atomic E-state index is -5.60. The lowest BCUT2D eigenvalue weighted by Crippen LogP contribution is -2.33. The van der Waals surface area contributed by atoms with Gasteiger partial charge in [0.2, 0.25) is 0 Å². The maximum absolute atomic E-state index is 13.0. The lowest BCUT2D eigenvalue weighted by Gasteiger charge is -2.22. The van der Waals surface area contributed by atoms with E-state index in [0.717, 1.165) is 12.1 Å². The van der Waals surface area contributed by atoms with Crippen LogP contribution in [0.2, 0.25) is 0 Å². The molecular weight excluding hydrogens is 251 g/mol. The molecule has 18 heavy (non-hydrogen) atoms. The summed E-state index contributed by atoms with van der Waals surface area (Å²) in [5.74, 6) is -2.42. The summed E-state index contributed by atoms with van der Waals surface area (Å²) in [6, 6.07) is 3.88. The zero-order valence-electron chi connectivity index (χ0n) is 9.78. The standard InChI is InChI=1S/C13H11F5/c1-4-11(2,3)9-5-7-10(8-6-9)12(14,15)13(16,17)18/h1,5-8H,2-3H3. The van der Waals surface area contributed by atoms with Crippen molar-refractivity contribution in [2.75, 3.05) is 0 Å². The fourth-order valence-corrected chi connectivity index (χ4v) is 1.34. The van der Waals surface area contributed by atoms with E-state index in [1.165, 1.54) is 12.1 Å². The summed E-state index contributed by atoms with van der Waals surface area (Å²) in [6.45, 7) is 3.34. The molecule has 1 aromatic carbocycles. The average Bonchev–Trinajstić information content (AvgIpc) is 2.27. The van der Waals surface area contributed by atoms with Crippen molar-refractivity contribution in [1.82, 2.24) is 0 Å². The van der Waals surface area contributed by atoms with Gasteiger partial charge in [-0.2, -0.15) is 22.0 Å². The van der Waals surface area contributed by atoms with Gasteiger partial charge >= 0.3 is 12.1 Å². The number of terminal acetylenes is 1. The van der Waals surface area contributed by atoms with Crippen LogP contribution in [0, 0.1) is 12.3 Å². The lowest BCUT2D eigenvalue weighted by atomic mass is 9.85. The highest BCUT2D eigenvalue weighted by Gasteiger charge is 2.58. The van der Waals surface area contributed by atoms with Crippen LogP contribution in [0.3, 0.4) is 0 Å². The fourth-order valence-electron chi connectivity index (χ4n) is 1.34. The normalized spacial score (nSPS) is 13.2. The van der Waals surface area contributed by atoms with Crippen molar-refractivity contribution in [3.8, 4) is 12.3 Å². The highest BCUT2D eigenvalue weighted by molar-refractivity contribution is 5.35. The molecule has 0 saturated heterocycles. The monoisotopic (exact) mass is 262 g/mol. The van der Waals surface area contributed by atoms with Crippen molar-refractivity contribution < 1.29 is 22.0 Å². The van der Waals surface area contributed by atoms with E-state index in [2.05, 4.69) is 5.92 Å². The molecule has 98 valence electrons. The van der Waals surface area contributed by atoms with Gasteiger partial charge in [-0.15, -0.1) is 6.42 Å². The van der Waals surface area contributed by atoms with Gasteiger partial charge in [-0.3, -0.25) is 0 Å². The summed E-state index contributed by atoms with van der Waals surface area (Å²) < 4.78 is 62.4. The molecule has 1 aromatic rings. The first-order valence-corrected chi connectivity index (χ1v) is 5.05. The van der Waals surface area contributed by atoms with Gasteiger partial charge in [-0.05, 0) is 19.4 Å². The predicted molar refractivity (Wildman–Crippen MR) is 58.3 cm³/mol. The number of rotatable bonds is 2. The van der Waals surface area contributed by atoms with Crippen LogP contribution in [-0.4, -0.2) is 6.18 Å². The lowest BCUT2D eigenvalue weighted by molar-refractivity contribution is -0.289. The third-order valence-electron chi connectivity index (χ3n) is 2.69. The minimum absolute atomic E-state index is 0.506. The summed E-state index contributed by atoms with van der Waals surface area (Å²) in [4.78, 5) is 0. The van der Waals surface area contributed by atoms with E-state index in [9.17, 15) is 22.0 Å². The molecule has 0 heterocycles. The van der Waals surface area contributed by atoms with Gasteiger partial charge in [0.05, 0.1) is 5.41 Å². The Hall–Kier alpha value is -1.57. The van der Waals surface area contributed by atoms with Crippen LogP contribution in [0.5, 0.6) is 0 Å². The van der Waals surface area contributed by atoms with Crippen molar-refractivity contribution >= 4 is 0 Å². The molecule has 0 atom stereocenters. The van der Waals surface area contributed by atoms with Gasteiger partial charge in [-0.25, -0.2) is 0 Å². The number of alkyl halides is 5. The van der Waals surface area contributed by atoms with Crippen LogP contribution >= 0.6 is 0 Å². The van der Waals surface area contributed by atoms with Crippen molar-refractivity contribution in [2.45, 2.75) is 31.4 Å². The molecule has 0 aliphatic rings. The Morgan fingerprint density at radius 2 is 1.28 bits per heavy atom. The second kappa shape index (κ2) is 4.27. The Morgan fingerprint density at radius 3 is 1.61 bits per heavy atom. The fraction of sp³-hybridized carbons (Fsp3) is 0.385. The Morgan fingerprint density at radius 1 is 0.889 bits per heavy atom. The third-order valence-corrected chi connectivity index (χ3v) is 2.69. The van der Waals surface area contributed by atoms with Crippen molar-refractivity contribution in [3.63, 3.8) is 0 Å². The summed E-state index contributed by atoms with van der Waals surface area (Å²) in [5.41, 5.74) is -1.30. The van der Waals surface area contributed by atoms with E-state index in [1.807, 2.05) is 0 Å². The van der Waals surface area contributed by atoms with Crippen molar-refractivity contribution in [3.05, 3.63) is 35.4 Å². The molecule has 0 N–H and O–H groups in total. The molecule has 0 bridgehead atoms. The molecule has 0 aliphatic heterocycles. The van der Waals surface area contributed by atoms with Crippen molar-refractivity contribution in [2.24, 2.45) is 0 Å². The second-order valence-electron chi connectivity index (χ2n) is 4.42. The largest absolute Gasteiger partial charge is 0.458 e. The first-order chi connectivity index (χ1) is 8.02. The van der Waals surface area contributed by atoms with Crippen LogP contribution in [0.25, 0.3) is 0 Å². The molecule has 1 rings (SSSR count). The first-order valence-electron chi connectivity index (χ1n) is 5.05. The van der Waals surface area contributed by atoms with Crippen LogP contribution < -0.4 is 0 Å². The van der Waals surface area contributed by atoms with Gasteiger partial charge in [0.1, 0.15) is 0 Å². The average molecular weight is 262 g/mol. The van der Waals surface area contributed by atoms with Gasteiger partial charge in [-0.1, -0.05) is 30.2 Å². The molecule has 0 unspecified atom stereocenters. The zero-order chi connectivity index (χ0) is 14.2. The van der Waals surface area contributed by atoms with Gasteiger partial charge in [0, 0.05) is 5.56 Å². The summed E-state index contributed by atoms with van der Waals surface area (Å²) in [6.07, 6.45) is -0.348. The highest BCUT2D eigenvalue weighted by Crippen LogP contribution is 2.44. The summed E-state index contributed by atoms with van der Waals surface area (Å²) in [7, 11) is 0. The molecule has 0 aliphatic carbocycles. The van der Waals surface area contributed by atoms with E-state index in [4.69, 9.17) is 6.42 Å². The molecule has 5 heteroatoms. The van der Waals surface area contributed by atoms with Crippen LogP contribution in [0.15, 0.2) is 24.3 Å². The molecule has 0 radical (unpaired) electrons. The summed E-state index contributed by atoms with van der Waals surface area (Å²) >= 11 is 0. The van der Waals surface area contributed by atoms with E-state index >= 15 is 0 Å². The molecule has 0 saturated carbocycles. The van der Waals surface area contributed by atoms with E-state index in [-0.39, 0.29) is 0 Å². The molecule has 0 amide bonds. The van der Waals surface area contributed by atoms with Crippen molar-refractivity contribution in [1.29, 1.82) is 0 Å². The molecule has 0 nitrogen and oxygen atoms in total. The Bertz CT molecular complexity index is 460. The van der Waals surface area contributed by atoms with E-state index in [0.29, 0.717) is 5.56 Å². The molecular formula is C13H11F5. The Labute approximate surface area is 102 Å².